The third-order valence-electron chi connectivity index (χ3n) is 2.36. The second-order valence-electron chi connectivity index (χ2n) is 3.78. The Morgan fingerprint density at radius 1 is 1.28 bits per heavy atom. The predicted octanol–water partition coefficient (Wildman–Crippen LogP) is 2.66. The van der Waals surface area contributed by atoms with Crippen LogP contribution in [0.4, 0.5) is 0 Å². The summed E-state index contributed by atoms with van der Waals surface area (Å²) in [5.74, 6) is 5.95. The van der Waals surface area contributed by atoms with Crippen molar-refractivity contribution >= 4 is 30.4 Å². The SMILES string of the molecule is NOCCCc1ccccc1.O=C1CCCS1.S. The van der Waals surface area contributed by atoms with E-state index in [0.717, 1.165) is 31.4 Å². The molecule has 0 atom stereocenters. The van der Waals surface area contributed by atoms with Crippen LogP contribution in [0.1, 0.15) is 24.8 Å². The predicted molar refractivity (Wildman–Crippen MR) is 82.0 cm³/mol. The number of rotatable bonds is 4. The van der Waals surface area contributed by atoms with E-state index in [1.165, 1.54) is 17.3 Å². The van der Waals surface area contributed by atoms with Gasteiger partial charge < -0.3 is 4.84 Å². The standard InChI is InChI=1S/C9H13NO.C4H6OS.H2S/c10-11-8-4-7-9-5-2-1-3-6-9;5-4-2-1-3-6-4;/h1-3,5-6H,4,7-8,10H2;1-3H2;1H2. The van der Waals surface area contributed by atoms with Crippen molar-refractivity contribution in [1.29, 1.82) is 0 Å². The molecule has 102 valence electrons. The van der Waals surface area contributed by atoms with E-state index in [2.05, 4.69) is 17.0 Å². The lowest BCUT2D eigenvalue weighted by Gasteiger charge is -1.98. The summed E-state index contributed by atoms with van der Waals surface area (Å²) in [6, 6.07) is 10.3. The van der Waals surface area contributed by atoms with Gasteiger partial charge in [-0.05, 0) is 24.8 Å². The number of carbonyl (C=O) groups excluding carboxylic acids is 1. The average Bonchev–Trinajstić information content (AvgIpc) is 2.83. The van der Waals surface area contributed by atoms with Crippen molar-refractivity contribution < 1.29 is 9.63 Å². The van der Waals surface area contributed by atoms with E-state index in [1.807, 2.05) is 18.2 Å². The summed E-state index contributed by atoms with van der Waals surface area (Å²) < 4.78 is 0. The summed E-state index contributed by atoms with van der Waals surface area (Å²) in [6.07, 6.45) is 3.94. The molecule has 18 heavy (non-hydrogen) atoms. The molecule has 1 aliphatic heterocycles. The number of nitrogens with two attached hydrogens (primary N) is 1. The molecule has 1 aliphatic rings. The minimum absolute atomic E-state index is 0. The molecule has 2 N–H and O–H groups in total. The van der Waals surface area contributed by atoms with Gasteiger partial charge in [-0.25, -0.2) is 5.90 Å². The van der Waals surface area contributed by atoms with Crippen molar-refractivity contribution in [3.8, 4) is 0 Å². The van der Waals surface area contributed by atoms with Gasteiger partial charge in [0.1, 0.15) is 0 Å². The molecule has 3 nitrogen and oxygen atoms in total. The van der Waals surface area contributed by atoms with Crippen molar-refractivity contribution in [2.45, 2.75) is 25.7 Å². The smallest absolute Gasteiger partial charge is 0.188 e. The van der Waals surface area contributed by atoms with Crippen LogP contribution in [0.25, 0.3) is 0 Å². The molecule has 1 aromatic rings. The molecular weight excluding hydrogens is 266 g/mol. The van der Waals surface area contributed by atoms with E-state index in [1.54, 1.807) is 0 Å². The molecule has 0 aliphatic carbocycles. The Hall–Kier alpha value is -0.490. The Bertz CT molecular complexity index is 312. The van der Waals surface area contributed by atoms with Gasteiger partial charge >= 0.3 is 0 Å². The maximum Gasteiger partial charge on any atom is 0.188 e. The normalized spacial score (nSPS) is 13.5. The topological polar surface area (TPSA) is 52.3 Å². The molecule has 0 saturated carbocycles. The Kier molecular flexibility index (Phi) is 11.3. The Morgan fingerprint density at radius 3 is 2.44 bits per heavy atom. The largest absolute Gasteiger partial charge is 0.305 e. The van der Waals surface area contributed by atoms with Gasteiger partial charge in [0.15, 0.2) is 5.12 Å². The van der Waals surface area contributed by atoms with Crippen LogP contribution in [-0.2, 0) is 16.1 Å². The van der Waals surface area contributed by atoms with Crippen molar-refractivity contribution in [2.24, 2.45) is 5.90 Å². The van der Waals surface area contributed by atoms with E-state index < -0.39 is 0 Å². The van der Waals surface area contributed by atoms with Gasteiger partial charge in [-0.3, -0.25) is 4.79 Å². The van der Waals surface area contributed by atoms with E-state index >= 15 is 0 Å². The third-order valence-corrected chi connectivity index (χ3v) is 3.38. The minimum Gasteiger partial charge on any atom is -0.305 e. The van der Waals surface area contributed by atoms with Gasteiger partial charge in [-0.15, -0.1) is 0 Å². The van der Waals surface area contributed by atoms with Crippen LogP contribution in [-0.4, -0.2) is 17.5 Å². The zero-order chi connectivity index (χ0) is 12.3. The van der Waals surface area contributed by atoms with Gasteiger partial charge in [0, 0.05) is 12.2 Å². The second-order valence-corrected chi connectivity index (χ2v) is 4.94. The molecule has 0 bridgehead atoms. The van der Waals surface area contributed by atoms with Crippen LogP contribution in [0, 0.1) is 0 Å². The van der Waals surface area contributed by atoms with Crippen molar-refractivity contribution in [2.75, 3.05) is 12.4 Å². The number of benzene rings is 1. The van der Waals surface area contributed by atoms with Gasteiger partial charge in [0.05, 0.1) is 6.61 Å². The van der Waals surface area contributed by atoms with E-state index in [-0.39, 0.29) is 13.5 Å². The molecule has 2 rings (SSSR count). The molecule has 1 heterocycles. The molecule has 0 aromatic heterocycles. The molecule has 1 aromatic carbocycles. The van der Waals surface area contributed by atoms with Crippen LogP contribution in [0.2, 0.25) is 0 Å². The van der Waals surface area contributed by atoms with Crippen molar-refractivity contribution in [1.82, 2.24) is 0 Å². The van der Waals surface area contributed by atoms with Crippen LogP contribution < -0.4 is 5.90 Å². The van der Waals surface area contributed by atoms with E-state index in [9.17, 15) is 4.79 Å². The molecule has 0 unspecified atom stereocenters. The number of hydrogen-bond acceptors (Lipinski definition) is 4. The highest BCUT2D eigenvalue weighted by Crippen LogP contribution is 2.17. The van der Waals surface area contributed by atoms with Crippen LogP contribution in [0.3, 0.4) is 0 Å². The lowest BCUT2D eigenvalue weighted by atomic mass is 10.1. The fraction of sp³-hybridized carbons (Fsp3) is 0.462. The molecule has 1 fully saturated rings. The summed E-state index contributed by atoms with van der Waals surface area (Å²) in [4.78, 5) is 14.7. The molecule has 0 spiro atoms. The quantitative estimate of drug-likeness (QED) is 0.683. The average molecular weight is 287 g/mol. The van der Waals surface area contributed by atoms with E-state index in [4.69, 9.17) is 5.90 Å². The van der Waals surface area contributed by atoms with Gasteiger partial charge in [0.2, 0.25) is 0 Å². The van der Waals surface area contributed by atoms with Gasteiger partial charge in [-0.1, -0.05) is 42.1 Å². The summed E-state index contributed by atoms with van der Waals surface area (Å²) >= 11 is 1.46. The summed E-state index contributed by atoms with van der Waals surface area (Å²) in [7, 11) is 0. The number of aryl methyl sites for hydroxylation is 1. The maximum absolute atomic E-state index is 10.2. The van der Waals surface area contributed by atoms with E-state index in [0.29, 0.717) is 11.7 Å². The van der Waals surface area contributed by atoms with Crippen molar-refractivity contribution in [3.05, 3.63) is 35.9 Å². The molecule has 0 amide bonds. The maximum atomic E-state index is 10.2. The lowest BCUT2D eigenvalue weighted by Crippen LogP contribution is -2.01. The molecule has 0 radical (unpaired) electrons. The zero-order valence-corrected chi connectivity index (χ0v) is 12.2. The highest BCUT2D eigenvalue weighted by atomic mass is 32.2. The Labute approximate surface area is 120 Å². The molecular formula is C13H21NO2S2. The summed E-state index contributed by atoms with van der Waals surface area (Å²) in [6.45, 7) is 0.634. The number of thioether (sulfide) groups is 1. The van der Waals surface area contributed by atoms with Crippen LogP contribution in [0.15, 0.2) is 30.3 Å². The second kappa shape index (κ2) is 11.6. The molecule has 5 heteroatoms. The first-order valence-corrected chi connectivity index (χ1v) is 6.82. The minimum atomic E-state index is 0. The molecule has 1 saturated heterocycles. The first kappa shape index (κ1) is 17.5. The summed E-state index contributed by atoms with van der Waals surface area (Å²) in [5, 5.41) is 0.370. The Balaban J connectivity index is 0.000000352. The zero-order valence-electron chi connectivity index (χ0n) is 10.4. The lowest BCUT2D eigenvalue weighted by molar-refractivity contribution is -0.110. The fourth-order valence-corrected chi connectivity index (χ4v) is 2.28. The van der Waals surface area contributed by atoms with Crippen molar-refractivity contribution in [3.63, 3.8) is 0 Å². The fourth-order valence-electron chi connectivity index (χ4n) is 1.48. The number of carbonyl (C=O) groups is 1. The monoisotopic (exact) mass is 287 g/mol. The number of hydrogen-bond donors (Lipinski definition) is 1. The van der Waals surface area contributed by atoms with Crippen LogP contribution >= 0.6 is 25.3 Å². The third kappa shape index (κ3) is 8.58. The van der Waals surface area contributed by atoms with Crippen LogP contribution in [0.5, 0.6) is 0 Å². The highest BCUT2D eigenvalue weighted by Gasteiger charge is 2.08. The first-order chi connectivity index (χ1) is 8.33. The highest BCUT2D eigenvalue weighted by molar-refractivity contribution is 8.14. The van der Waals surface area contributed by atoms with Gasteiger partial charge in [-0.2, -0.15) is 13.5 Å². The first-order valence-electron chi connectivity index (χ1n) is 5.84. The Morgan fingerprint density at radius 2 is 2.00 bits per heavy atom. The van der Waals surface area contributed by atoms with Gasteiger partial charge in [0.25, 0.3) is 0 Å². The summed E-state index contributed by atoms with van der Waals surface area (Å²) in [5.41, 5.74) is 1.34.